The van der Waals surface area contributed by atoms with Gasteiger partial charge in [0.2, 0.25) is 0 Å². The summed E-state index contributed by atoms with van der Waals surface area (Å²) in [4.78, 5) is 0. The van der Waals surface area contributed by atoms with E-state index in [0.29, 0.717) is 12.0 Å². The number of benzene rings is 1. The highest BCUT2D eigenvalue weighted by Crippen LogP contribution is 2.16. The average Bonchev–Trinajstić information content (AvgIpc) is 2.35. The van der Waals surface area contributed by atoms with Crippen LogP contribution in [0.4, 0.5) is 0 Å². The Morgan fingerprint density at radius 1 is 1.26 bits per heavy atom. The van der Waals surface area contributed by atoms with Crippen molar-refractivity contribution in [2.45, 2.75) is 44.5 Å². The normalized spacial score (nSPS) is 15.1. The maximum absolute atomic E-state index is 11.8. The van der Waals surface area contributed by atoms with Crippen molar-refractivity contribution in [2.24, 2.45) is 0 Å². The minimum Gasteiger partial charge on any atom is -0.388 e. The Labute approximate surface area is 115 Å². The highest BCUT2D eigenvalue weighted by Gasteiger charge is 2.24. The van der Waals surface area contributed by atoms with Crippen LogP contribution >= 0.6 is 0 Å². The molecule has 0 saturated carbocycles. The van der Waals surface area contributed by atoms with Gasteiger partial charge in [0.25, 0.3) is 10.1 Å². The molecule has 1 aromatic rings. The molecule has 0 saturated heterocycles. The zero-order valence-electron chi connectivity index (χ0n) is 11.5. The van der Waals surface area contributed by atoms with Crippen LogP contribution in [0.15, 0.2) is 30.3 Å². The first-order valence-corrected chi connectivity index (χ1v) is 8.06. The molecule has 0 aliphatic carbocycles. The van der Waals surface area contributed by atoms with Crippen LogP contribution in [0.3, 0.4) is 0 Å². The third-order valence-electron chi connectivity index (χ3n) is 2.80. The minimum atomic E-state index is -3.65. The Bertz CT molecular complexity index is 465. The second-order valence-corrected chi connectivity index (χ2v) is 6.69. The Hall–Kier alpha value is -0.910. The molecule has 1 N–H and O–H groups in total. The van der Waals surface area contributed by atoms with Crippen LogP contribution < -0.4 is 0 Å². The zero-order chi connectivity index (χ0) is 14.4. The number of aliphatic hydroxyl groups is 1. The van der Waals surface area contributed by atoms with Gasteiger partial charge in [-0.1, -0.05) is 50.1 Å². The lowest BCUT2D eigenvalue weighted by molar-refractivity contribution is 0.00461. The molecule has 0 fully saturated rings. The summed E-state index contributed by atoms with van der Waals surface area (Å²) in [6.07, 6.45) is 2.33. The molecule has 0 aromatic heterocycles. The summed E-state index contributed by atoms with van der Waals surface area (Å²) < 4.78 is 28.5. The van der Waals surface area contributed by atoms with Crippen LogP contribution in [0.2, 0.25) is 0 Å². The summed E-state index contributed by atoms with van der Waals surface area (Å²) in [5, 5.41) is 9.99. The minimum absolute atomic E-state index is 0.169. The van der Waals surface area contributed by atoms with Crippen molar-refractivity contribution in [3.8, 4) is 0 Å². The molecule has 0 amide bonds. The van der Waals surface area contributed by atoms with Crippen LogP contribution in [0.1, 0.15) is 38.7 Å². The van der Waals surface area contributed by atoms with Gasteiger partial charge in [-0.2, -0.15) is 8.42 Å². The standard InChI is InChI=1S/C14H22O4S/c1-3-4-10-14(2,15)12-18-19(16,17)11-13-8-6-5-7-9-13/h5-9,15H,3-4,10-12H2,1-2H3/t14-/m0/s1. The molecule has 5 heteroatoms. The highest BCUT2D eigenvalue weighted by molar-refractivity contribution is 7.85. The lowest BCUT2D eigenvalue weighted by Crippen LogP contribution is -2.32. The fourth-order valence-corrected chi connectivity index (χ4v) is 2.78. The molecule has 0 aliphatic heterocycles. The van der Waals surface area contributed by atoms with E-state index in [1.54, 1.807) is 31.2 Å². The van der Waals surface area contributed by atoms with E-state index in [2.05, 4.69) is 0 Å². The smallest absolute Gasteiger partial charge is 0.271 e. The van der Waals surface area contributed by atoms with Crippen molar-refractivity contribution >= 4 is 10.1 Å². The van der Waals surface area contributed by atoms with Gasteiger partial charge < -0.3 is 5.11 Å². The summed E-state index contributed by atoms with van der Waals surface area (Å²) in [6.45, 7) is 3.42. The summed E-state index contributed by atoms with van der Waals surface area (Å²) in [5.41, 5.74) is -0.421. The molecule has 0 spiro atoms. The Balaban J connectivity index is 2.51. The van der Waals surface area contributed by atoms with E-state index >= 15 is 0 Å². The average molecular weight is 286 g/mol. The number of unbranched alkanes of at least 4 members (excludes halogenated alkanes) is 1. The molecule has 108 valence electrons. The van der Waals surface area contributed by atoms with Gasteiger partial charge in [0, 0.05) is 0 Å². The van der Waals surface area contributed by atoms with E-state index in [0.717, 1.165) is 12.8 Å². The van der Waals surface area contributed by atoms with E-state index in [4.69, 9.17) is 4.18 Å². The van der Waals surface area contributed by atoms with Crippen LogP contribution in [0, 0.1) is 0 Å². The van der Waals surface area contributed by atoms with Crippen LogP contribution in [-0.4, -0.2) is 25.7 Å². The molecular weight excluding hydrogens is 264 g/mol. The monoisotopic (exact) mass is 286 g/mol. The van der Waals surface area contributed by atoms with Crippen molar-refractivity contribution in [3.05, 3.63) is 35.9 Å². The molecule has 4 nitrogen and oxygen atoms in total. The van der Waals surface area contributed by atoms with E-state index in [9.17, 15) is 13.5 Å². The summed E-state index contributed by atoms with van der Waals surface area (Å²) in [7, 11) is -3.65. The fourth-order valence-electron chi connectivity index (χ4n) is 1.67. The highest BCUT2D eigenvalue weighted by atomic mass is 32.2. The fraction of sp³-hybridized carbons (Fsp3) is 0.571. The zero-order valence-corrected chi connectivity index (χ0v) is 12.3. The number of hydrogen-bond acceptors (Lipinski definition) is 4. The first-order chi connectivity index (χ1) is 8.85. The third-order valence-corrected chi connectivity index (χ3v) is 3.97. The van der Waals surface area contributed by atoms with Gasteiger partial charge in [0.1, 0.15) is 5.75 Å². The van der Waals surface area contributed by atoms with Gasteiger partial charge in [-0.15, -0.1) is 0 Å². The predicted octanol–water partition coefficient (Wildman–Crippen LogP) is 2.47. The Morgan fingerprint density at radius 3 is 2.47 bits per heavy atom. The first-order valence-electron chi connectivity index (χ1n) is 6.48. The van der Waals surface area contributed by atoms with E-state index < -0.39 is 15.7 Å². The molecule has 19 heavy (non-hydrogen) atoms. The lowest BCUT2D eigenvalue weighted by atomic mass is 10.0. The molecule has 0 unspecified atom stereocenters. The van der Waals surface area contributed by atoms with Crippen molar-refractivity contribution in [1.82, 2.24) is 0 Å². The van der Waals surface area contributed by atoms with Crippen molar-refractivity contribution in [2.75, 3.05) is 6.61 Å². The van der Waals surface area contributed by atoms with Gasteiger partial charge in [0.15, 0.2) is 0 Å². The Morgan fingerprint density at radius 2 is 1.89 bits per heavy atom. The van der Waals surface area contributed by atoms with Crippen molar-refractivity contribution < 1.29 is 17.7 Å². The topological polar surface area (TPSA) is 63.6 Å². The number of hydrogen-bond donors (Lipinski definition) is 1. The van der Waals surface area contributed by atoms with Crippen LogP contribution in [0.25, 0.3) is 0 Å². The third kappa shape index (κ3) is 6.71. The first kappa shape index (κ1) is 16.1. The van der Waals surface area contributed by atoms with Gasteiger partial charge in [-0.05, 0) is 18.9 Å². The molecule has 0 radical (unpaired) electrons. The maximum Gasteiger partial charge on any atom is 0.271 e. The molecule has 0 heterocycles. The summed E-state index contributed by atoms with van der Waals surface area (Å²) in [6, 6.07) is 8.85. The second kappa shape index (κ2) is 7.03. The summed E-state index contributed by atoms with van der Waals surface area (Å²) >= 11 is 0. The molecule has 1 rings (SSSR count). The Kier molecular flexibility index (Phi) is 5.97. The molecule has 0 aliphatic rings. The quantitative estimate of drug-likeness (QED) is 0.746. The van der Waals surface area contributed by atoms with E-state index in [1.807, 2.05) is 13.0 Å². The van der Waals surface area contributed by atoms with Crippen molar-refractivity contribution in [3.63, 3.8) is 0 Å². The largest absolute Gasteiger partial charge is 0.388 e. The SMILES string of the molecule is CCCC[C@](C)(O)COS(=O)(=O)Cc1ccccc1. The van der Waals surface area contributed by atoms with Gasteiger partial charge in [0.05, 0.1) is 12.2 Å². The predicted molar refractivity (Wildman–Crippen MR) is 75.2 cm³/mol. The summed E-state index contributed by atoms with van der Waals surface area (Å²) in [5.74, 6) is -0.169. The molecular formula is C14H22O4S. The maximum atomic E-state index is 11.8. The van der Waals surface area contributed by atoms with Gasteiger partial charge in [-0.25, -0.2) is 0 Å². The van der Waals surface area contributed by atoms with Gasteiger partial charge >= 0.3 is 0 Å². The molecule has 0 bridgehead atoms. The number of rotatable bonds is 8. The van der Waals surface area contributed by atoms with Crippen molar-refractivity contribution in [1.29, 1.82) is 0 Å². The van der Waals surface area contributed by atoms with Crippen LogP contribution in [-0.2, 0) is 20.1 Å². The lowest BCUT2D eigenvalue weighted by Gasteiger charge is -2.22. The van der Waals surface area contributed by atoms with E-state index in [-0.39, 0.29) is 12.4 Å². The van der Waals surface area contributed by atoms with Crippen LogP contribution in [0.5, 0.6) is 0 Å². The molecule has 1 aromatic carbocycles. The van der Waals surface area contributed by atoms with E-state index in [1.165, 1.54) is 0 Å². The molecule has 1 atom stereocenters. The van der Waals surface area contributed by atoms with Gasteiger partial charge in [-0.3, -0.25) is 4.18 Å². The second-order valence-electron chi connectivity index (χ2n) is 5.05.